The Hall–Kier alpha value is -1.42. The normalized spacial score (nSPS) is 12.4. The molecule has 0 saturated carbocycles. The van der Waals surface area contributed by atoms with Gasteiger partial charge in [-0.3, -0.25) is 9.78 Å². The van der Waals surface area contributed by atoms with Gasteiger partial charge in [-0.2, -0.15) is 0 Å². The van der Waals surface area contributed by atoms with Gasteiger partial charge < -0.3 is 9.84 Å². The molecule has 0 saturated heterocycles. The lowest BCUT2D eigenvalue weighted by Crippen LogP contribution is -2.14. The van der Waals surface area contributed by atoms with Gasteiger partial charge in [-0.05, 0) is 18.6 Å². The van der Waals surface area contributed by atoms with Crippen LogP contribution in [-0.4, -0.2) is 29.8 Å². The molecular weight excluding hydrogens is 182 g/mol. The van der Waals surface area contributed by atoms with Gasteiger partial charge in [0.1, 0.15) is 5.92 Å². The summed E-state index contributed by atoms with van der Waals surface area (Å²) in [6, 6.07) is 5.26. The number of pyridine rings is 1. The van der Waals surface area contributed by atoms with Crippen molar-refractivity contribution in [1.82, 2.24) is 4.98 Å². The molecule has 1 rings (SSSR count). The van der Waals surface area contributed by atoms with Gasteiger partial charge in [0.05, 0.1) is 5.69 Å². The number of aromatic nitrogens is 1. The van der Waals surface area contributed by atoms with Gasteiger partial charge in [-0.1, -0.05) is 6.07 Å². The van der Waals surface area contributed by atoms with E-state index < -0.39 is 11.9 Å². The Labute approximate surface area is 82.5 Å². The molecule has 0 aliphatic rings. The molecule has 0 fully saturated rings. The number of carbonyl (C=O) groups is 1. The Morgan fingerprint density at radius 2 is 2.43 bits per heavy atom. The third kappa shape index (κ3) is 2.81. The van der Waals surface area contributed by atoms with Crippen molar-refractivity contribution in [3.63, 3.8) is 0 Å². The van der Waals surface area contributed by atoms with E-state index in [1.54, 1.807) is 31.5 Å². The predicted molar refractivity (Wildman–Crippen MR) is 51.1 cm³/mol. The molecule has 1 unspecified atom stereocenters. The van der Waals surface area contributed by atoms with Crippen LogP contribution in [0, 0.1) is 0 Å². The summed E-state index contributed by atoms with van der Waals surface area (Å²) in [7, 11) is 1.55. The van der Waals surface area contributed by atoms with Gasteiger partial charge in [0.25, 0.3) is 0 Å². The molecule has 76 valence electrons. The van der Waals surface area contributed by atoms with Crippen LogP contribution < -0.4 is 0 Å². The smallest absolute Gasteiger partial charge is 0.312 e. The topological polar surface area (TPSA) is 59.4 Å². The maximum atomic E-state index is 10.9. The second kappa shape index (κ2) is 5.34. The SMILES string of the molecule is COCCC(C(=O)O)c1ccccn1. The van der Waals surface area contributed by atoms with Crippen LogP contribution in [0.5, 0.6) is 0 Å². The van der Waals surface area contributed by atoms with Crippen LogP contribution in [0.25, 0.3) is 0 Å². The van der Waals surface area contributed by atoms with E-state index in [0.717, 1.165) is 0 Å². The van der Waals surface area contributed by atoms with Gasteiger partial charge in [0, 0.05) is 19.9 Å². The van der Waals surface area contributed by atoms with Crippen molar-refractivity contribution in [1.29, 1.82) is 0 Å². The van der Waals surface area contributed by atoms with Crippen LogP contribution in [-0.2, 0) is 9.53 Å². The quantitative estimate of drug-likeness (QED) is 0.769. The van der Waals surface area contributed by atoms with E-state index in [-0.39, 0.29) is 0 Å². The molecule has 14 heavy (non-hydrogen) atoms. The molecule has 0 bridgehead atoms. The Kier molecular flexibility index (Phi) is 4.07. The zero-order valence-electron chi connectivity index (χ0n) is 8.01. The molecule has 0 aromatic carbocycles. The molecule has 0 spiro atoms. The lowest BCUT2D eigenvalue weighted by atomic mass is 10.0. The standard InChI is InChI=1S/C10H13NO3/c1-14-7-5-8(10(12)13)9-4-2-3-6-11-9/h2-4,6,8H,5,7H2,1H3,(H,12,13). The summed E-state index contributed by atoms with van der Waals surface area (Å²) in [6.45, 7) is 0.424. The van der Waals surface area contributed by atoms with E-state index in [9.17, 15) is 4.79 Å². The lowest BCUT2D eigenvalue weighted by molar-refractivity contribution is -0.139. The second-order valence-corrected chi connectivity index (χ2v) is 2.93. The molecule has 1 heterocycles. The molecule has 1 aromatic heterocycles. The summed E-state index contributed by atoms with van der Waals surface area (Å²) < 4.78 is 4.85. The van der Waals surface area contributed by atoms with Crippen molar-refractivity contribution in [2.24, 2.45) is 0 Å². The molecule has 0 aliphatic heterocycles. The number of nitrogens with zero attached hydrogens (tertiary/aromatic N) is 1. The highest BCUT2D eigenvalue weighted by molar-refractivity contribution is 5.75. The van der Waals surface area contributed by atoms with Crippen molar-refractivity contribution in [3.8, 4) is 0 Å². The van der Waals surface area contributed by atoms with Crippen LogP contribution in [0.4, 0.5) is 0 Å². The molecule has 1 aromatic rings. The minimum absolute atomic E-state index is 0.424. The first-order valence-corrected chi connectivity index (χ1v) is 4.38. The molecule has 1 atom stereocenters. The number of methoxy groups -OCH3 is 1. The van der Waals surface area contributed by atoms with Crippen LogP contribution in [0.1, 0.15) is 18.0 Å². The first-order valence-electron chi connectivity index (χ1n) is 4.38. The maximum absolute atomic E-state index is 10.9. The average molecular weight is 195 g/mol. The van der Waals surface area contributed by atoms with Crippen LogP contribution in [0.15, 0.2) is 24.4 Å². The average Bonchev–Trinajstić information content (AvgIpc) is 2.19. The van der Waals surface area contributed by atoms with Crippen molar-refractivity contribution < 1.29 is 14.6 Å². The van der Waals surface area contributed by atoms with Crippen molar-refractivity contribution in [2.45, 2.75) is 12.3 Å². The second-order valence-electron chi connectivity index (χ2n) is 2.93. The first-order chi connectivity index (χ1) is 6.75. The Bertz CT molecular complexity index is 287. The van der Waals surface area contributed by atoms with E-state index in [2.05, 4.69) is 4.98 Å². The van der Waals surface area contributed by atoms with Crippen molar-refractivity contribution in [3.05, 3.63) is 30.1 Å². The summed E-state index contributed by atoms with van der Waals surface area (Å²) >= 11 is 0. The number of hydrogen-bond donors (Lipinski definition) is 1. The summed E-state index contributed by atoms with van der Waals surface area (Å²) in [6.07, 6.45) is 2.04. The van der Waals surface area contributed by atoms with Gasteiger partial charge in [0.15, 0.2) is 0 Å². The van der Waals surface area contributed by atoms with Gasteiger partial charge in [-0.15, -0.1) is 0 Å². The number of carboxylic acid groups (broad SMARTS) is 1. The highest BCUT2D eigenvalue weighted by Crippen LogP contribution is 2.17. The van der Waals surface area contributed by atoms with E-state index in [1.165, 1.54) is 0 Å². The minimum Gasteiger partial charge on any atom is -0.481 e. The van der Waals surface area contributed by atoms with Crippen LogP contribution in [0.2, 0.25) is 0 Å². The number of ether oxygens (including phenoxy) is 1. The maximum Gasteiger partial charge on any atom is 0.312 e. The van der Waals surface area contributed by atoms with E-state index >= 15 is 0 Å². The van der Waals surface area contributed by atoms with E-state index in [1.807, 2.05) is 0 Å². The third-order valence-electron chi connectivity index (χ3n) is 1.95. The highest BCUT2D eigenvalue weighted by Gasteiger charge is 2.20. The van der Waals surface area contributed by atoms with Gasteiger partial charge in [0.2, 0.25) is 0 Å². The first kappa shape index (κ1) is 10.7. The molecular formula is C10H13NO3. The Balaban J connectivity index is 2.73. The van der Waals surface area contributed by atoms with E-state index in [0.29, 0.717) is 18.7 Å². The van der Waals surface area contributed by atoms with Crippen molar-refractivity contribution >= 4 is 5.97 Å². The fraction of sp³-hybridized carbons (Fsp3) is 0.400. The lowest BCUT2D eigenvalue weighted by Gasteiger charge is -2.10. The fourth-order valence-electron chi connectivity index (χ4n) is 1.22. The number of carboxylic acids is 1. The van der Waals surface area contributed by atoms with E-state index in [4.69, 9.17) is 9.84 Å². The molecule has 1 N–H and O–H groups in total. The fourth-order valence-corrected chi connectivity index (χ4v) is 1.22. The summed E-state index contributed by atoms with van der Waals surface area (Å²) in [5.41, 5.74) is 0.581. The van der Waals surface area contributed by atoms with Crippen LogP contribution >= 0.6 is 0 Å². The minimum atomic E-state index is -0.860. The van der Waals surface area contributed by atoms with Gasteiger partial charge in [-0.25, -0.2) is 0 Å². The Morgan fingerprint density at radius 1 is 1.64 bits per heavy atom. The summed E-state index contributed by atoms with van der Waals surface area (Å²) in [4.78, 5) is 14.9. The molecule has 4 nitrogen and oxygen atoms in total. The summed E-state index contributed by atoms with van der Waals surface area (Å²) in [5, 5.41) is 8.96. The predicted octanol–water partition coefficient (Wildman–Crippen LogP) is 1.29. The number of aliphatic carboxylic acids is 1. The zero-order valence-corrected chi connectivity index (χ0v) is 8.01. The zero-order chi connectivity index (χ0) is 10.4. The molecule has 0 amide bonds. The largest absolute Gasteiger partial charge is 0.481 e. The van der Waals surface area contributed by atoms with Gasteiger partial charge >= 0.3 is 5.97 Å². The number of rotatable bonds is 5. The molecule has 0 aliphatic carbocycles. The molecule has 0 radical (unpaired) electrons. The Morgan fingerprint density at radius 3 is 2.93 bits per heavy atom. The monoisotopic (exact) mass is 195 g/mol. The van der Waals surface area contributed by atoms with Crippen molar-refractivity contribution in [2.75, 3.05) is 13.7 Å². The summed E-state index contributed by atoms with van der Waals surface area (Å²) in [5.74, 6) is -1.43. The number of hydrogen-bond acceptors (Lipinski definition) is 3. The highest BCUT2D eigenvalue weighted by atomic mass is 16.5. The van der Waals surface area contributed by atoms with Crippen LogP contribution in [0.3, 0.4) is 0 Å². The molecule has 4 heteroatoms. The third-order valence-corrected chi connectivity index (χ3v) is 1.95.